The molecule has 0 saturated heterocycles. The van der Waals surface area contributed by atoms with Crippen molar-refractivity contribution in [3.63, 3.8) is 0 Å². The van der Waals surface area contributed by atoms with Gasteiger partial charge in [-0.3, -0.25) is 0 Å². The third-order valence-electron chi connectivity index (χ3n) is 1.58. The highest BCUT2D eigenvalue weighted by atomic mass is 16.5. The fourth-order valence-electron chi connectivity index (χ4n) is 0.770. The van der Waals surface area contributed by atoms with Crippen LogP contribution < -0.4 is 5.73 Å². The number of ether oxygens (including phenoxy) is 1. The number of nitrogens with two attached hydrogens (primary N) is 1. The maximum Gasteiger partial charge on any atom is 0.0468 e. The van der Waals surface area contributed by atoms with E-state index in [4.69, 9.17) is 10.5 Å². The van der Waals surface area contributed by atoms with Gasteiger partial charge >= 0.3 is 0 Å². The van der Waals surface area contributed by atoms with Crippen LogP contribution in [0.5, 0.6) is 0 Å². The van der Waals surface area contributed by atoms with Crippen molar-refractivity contribution in [1.29, 1.82) is 0 Å². The molecule has 0 radical (unpaired) electrons. The zero-order chi connectivity index (χ0) is 8.53. The molecule has 2 nitrogen and oxygen atoms in total. The fourth-order valence-corrected chi connectivity index (χ4v) is 0.770. The highest BCUT2D eigenvalue weighted by Gasteiger charge is 1.93. The Hall–Kier alpha value is -0.0800. The van der Waals surface area contributed by atoms with E-state index in [1.165, 1.54) is 6.42 Å². The lowest BCUT2D eigenvalue weighted by molar-refractivity contribution is 0.120. The molecule has 68 valence electrons. The van der Waals surface area contributed by atoms with Gasteiger partial charge in [0, 0.05) is 13.2 Å². The second-order valence-corrected chi connectivity index (χ2v) is 3.29. The van der Waals surface area contributed by atoms with Crippen molar-refractivity contribution in [2.24, 2.45) is 11.7 Å². The van der Waals surface area contributed by atoms with Crippen LogP contribution >= 0.6 is 0 Å². The van der Waals surface area contributed by atoms with E-state index in [0.29, 0.717) is 0 Å². The van der Waals surface area contributed by atoms with Gasteiger partial charge in [0.25, 0.3) is 0 Å². The minimum atomic E-state index is 0.754. The molecule has 2 heteroatoms. The monoisotopic (exact) mass is 159 g/mol. The van der Waals surface area contributed by atoms with Gasteiger partial charge in [0.1, 0.15) is 0 Å². The number of rotatable bonds is 7. The highest BCUT2D eigenvalue weighted by molar-refractivity contribution is 4.43. The van der Waals surface area contributed by atoms with Crippen LogP contribution in [-0.4, -0.2) is 19.8 Å². The van der Waals surface area contributed by atoms with Crippen molar-refractivity contribution in [2.75, 3.05) is 19.8 Å². The van der Waals surface area contributed by atoms with Gasteiger partial charge in [-0.2, -0.15) is 0 Å². The smallest absolute Gasteiger partial charge is 0.0468 e. The van der Waals surface area contributed by atoms with E-state index >= 15 is 0 Å². The van der Waals surface area contributed by atoms with Crippen LogP contribution in [0.2, 0.25) is 0 Å². The van der Waals surface area contributed by atoms with Gasteiger partial charge in [-0.1, -0.05) is 13.8 Å². The second kappa shape index (κ2) is 8.02. The zero-order valence-electron chi connectivity index (χ0n) is 7.81. The summed E-state index contributed by atoms with van der Waals surface area (Å²) in [6.45, 7) is 6.99. The Morgan fingerprint density at radius 2 is 1.91 bits per heavy atom. The lowest BCUT2D eigenvalue weighted by Gasteiger charge is -2.05. The summed E-state index contributed by atoms with van der Waals surface area (Å²) in [4.78, 5) is 0. The van der Waals surface area contributed by atoms with E-state index < -0.39 is 0 Å². The molecule has 0 fully saturated rings. The molecule has 0 spiro atoms. The van der Waals surface area contributed by atoms with Gasteiger partial charge in [0.05, 0.1) is 0 Å². The molecule has 0 atom stereocenters. The van der Waals surface area contributed by atoms with Gasteiger partial charge in [0.15, 0.2) is 0 Å². The molecule has 0 aliphatic carbocycles. The summed E-state index contributed by atoms with van der Waals surface area (Å²) >= 11 is 0. The lowest BCUT2D eigenvalue weighted by Crippen LogP contribution is -2.03. The molecule has 0 heterocycles. The van der Waals surface area contributed by atoms with Crippen molar-refractivity contribution in [3.8, 4) is 0 Å². The summed E-state index contributed by atoms with van der Waals surface area (Å²) in [5.74, 6) is 0.754. The third-order valence-corrected chi connectivity index (χ3v) is 1.58. The minimum Gasteiger partial charge on any atom is -0.381 e. The van der Waals surface area contributed by atoms with E-state index in [2.05, 4.69) is 13.8 Å². The van der Waals surface area contributed by atoms with Crippen molar-refractivity contribution in [3.05, 3.63) is 0 Å². The molecule has 0 rings (SSSR count). The predicted molar refractivity (Wildman–Crippen MR) is 48.6 cm³/mol. The predicted octanol–water partition coefficient (Wildman–Crippen LogP) is 1.79. The quantitative estimate of drug-likeness (QED) is 0.575. The molecule has 0 aromatic carbocycles. The Labute approximate surface area is 70.1 Å². The first-order chi connectivity index (χ1) is 5.27. The van der Waals surface area contributed by atoms with Crippen LogP contribution in [0.1, 0.15) is 33.1 Å². The Morgan fingerprint density at radius 3 is 2.45 bits per heavy atom. The Kier molecular flexibility index (Phi) is 7.96. The summed E-state index contributed by atoms with van der Waals surface area (Å²) in [6.07, 6.45) is 3.36. The van der Waals surface area contributed by atoms with Crippen molar-refractivity contribution in [2.45, 2.75) is 33.1 Å². The van der Waals surface area contributed by atoms with Crippen molar-refractivity contribution >= 4 is 0 Å². The second-order valence-electron chi connectivity index (χ2n) is 3.29. The van der Waals surface area contributed by atoms with Gasteiger partial charge in [-0.25, -0.2) is 0 Å². The van der Waals surface area contributed by atoms with Crippen molar-refractivity contribution in [1.82, 2.24) is 0 Å². The van der Waals surface area contributed by atoms with Crippen LogP contribution in [0.15, 0.2) is 0 Å². The number of hydrogen-bond acceptors (Lipinski definition) is 2. The lowest BCUT2D eigenvalue weighted by atomic mass is 10.1. The molecular formula is C9H21NO. The van der Waals surface area contributed by atoms with Gasteiger partial charge in [-0.05, 0) is 31.7 Å². The van der Waals surface area contributed by atoms with E-state index in [9.17, 15) is 0 Å². The van der Waals surface area contributed by atoms with E-state index in [1.807, 2.05) is 0 Å². The average Bonchev–Trinajstić information content (AvgIpc) is 1.96. The van der Waals surface area contributed by atoms with Gasteiger partial charge in [0.2, 0.25) is 0 Å². The SMILES string of the molecule is CC(C)CCOCCCCN. The maximum absolute atomic E-state index is 5.39. The van der Waals surface area contributed by atoms with Crippen LogP contribution in [0.25, 0.3) is 0 Å². The Balaban J connectivity index is 2.80. The third kappa shape index (κ3) is 9.92. The van der Waals surface area contributed by atoms with Gasteiger partial charge in [-0.15, -0.1) is 0 Å². The van der Waals surface area contributed by atoms with Crippen LogP contribution in [0, 0.1) is 5.92 Å². The van der Waals surface area contributed by atoms with E-state index in [-0.39, 0.29) is 0 Å². The molecule has 11 heavy (non-hydrogen) atoms. The molecule has 0 aliphatic heterocycles. The van der Waals surface area contributed by atoms with E-state index in [1.54, 1.807) is 0 Å². The molecule has 0 amide bonds. The first-order valence-electron chi connectivity index (χ1n) is 4.55. The van der Waals surface area contributed by atoms with Crippen LogP contribution in [-0.2, 0) is 4.74 Å². The zero-order valence-corrected chi connectivity index (χ0v) is 7.81. The summed E-state index contributed by atoms with van der Waals surface area (Å²) < 4.78 is 5.39. The standard InChI is InChI=1S/C9H21NO/c1-9(2)5-8-11-7-4-3-6-10/h9H,3-8,10H2,1-2H3. The maximum atomic E-state index is 5.39. The van der Waals surface area contributed by atoms with Crippen LogP contribution in [0.4, 0.5) is 0 Å². The topological polar surface area (TPSA) is 35.2 Å². The Bertz CT molecular complexity index is 74.0. The normalized spacial score (nSPS) is 10.9. The van der Waals surface area contributed by atoms with Gasteiger partial charge < -0.3 is 10.5 Å². The summed E-state index contributed by atoms with van der Waals surface area (Å²) in [6, 6.07) is 0. The first-order valence-corrected chi connectivity index (χ1v) is 4.55. The average molecular weight is 159 g/mol. The number of hydrogen-bond donors (Lipinski definition) is 1. The van der Waals surface area contributed by atoms with Crippen molar-refractivity contribution < 1.29 is 4.74 Å². The first kappa shape index (κ1) is 10.9. The number of unbranched alkanes of at least 4 members (excludes halogenated alkanes) is 1. The molecule has 0 aromatic rings. The molecule has 0 aromatic heterocycles. The summed E-state index contributed by atoms with van der Waals surface area (Å²) in [7, 11) is 0. The minimum absolute atomic E-state index is 0.754. The van der Waals surface area contributed by atoms with Crippen LogP contribution in [0.3, 0.4) is 0 Å². The molecule has 0 bridgehead atoms. The molecule has 0 unspecified atom stereocenters. The largest absolute Gasteiger partial charge is 0.381 e. The van der Waals surface area contributed by atoms with E-state index in [0.717, 1.165) is 38.5 Å². The molecule has 0 aliphatic rings. The molecular weight excluding hydrogens is 138 g/mol. The Morgan fingerprint density at radius 1 is 1.18 bits per heavy atom. The fraction of sp³-hybridized carbons (Fsp3) is 1.00. The summed E-state index contributed by atoms with van der Waals surface area (Å²) in [5, 5.41) is 0. The highest BCUT2D eigenvalue weighted by Crippen LogP contribution is 1.99. The summed E-state index contributed by atoms with van der Waals surface area (Å²) in [5.41, 5.74) is 5.34. The molecule has 0 saturated carbocycles. The molecule has 2 N–H and O–H groups in total.